The lowest BCUT2D eigenvalue weighted by molar-refractivity contribution is -0.275. The number of hydrogen-bond acceptors (Lipinski definition) is 3. The Labute approximate surface area is 125 Å². The molecule has 3 nitrogen and oxygen atoms in total. The molecule has 1 aromatic heterocycles. The van der Waals surface area contributed by atoms with Gasteiger partial charge in [0, 0.05) is 18.0 Å². The summed E-state index contributed by atoms with van der Waals surface area (Å²) >= 11 is 1.63. The molecule has 2 rings (SSSR count). The van der Waals surface area contributed by atoms with E-state index >= 15 is 0 Å². The summed E-state index contributed by atoms with van der Waals surface area (Å²) in [6, 6.07) is 0.705. The monoisotopic (exact) mass is 288 g/mol. The minimum atomic E-state index is 0.705. The van der Waals surface area contributed by atoms with Crippen molar-refractivity contribution in [2.45, 2.75) is 32.7 Å². The van der Waals surface area contributed by atoms with Crippen molar-refractivity contribution in [3.05, 3.63) is 40.0 Å². The first-order chi connectivity index (χ1) is 9.69. The number of quaternary nitrogens is 1. The second-order valence-electron chi connectivity index (χ2n) is 5.05. The van der Waals surface area contributed by atoms with Gasteiger partial charge in [0.2, 0.25) is 0 Å². The molecule has 1 aromatic rings. The summed E-state index contributed by atoms with van der Waals surface area (Å²) in [5, 5.41) is 3.03. The third kappa shape index (κ3) is 4.31. The Morgan fingerprint density at radius 2 is 2.50 bits per heavy atom. The summed E-state index contributed by atoms with van der Waals surface area (Å²) < 4.78 is 0. The van der Waals surface area contributed by atoms with Gasteiger partial charge in [-0.15, -0.1) is 11.3 Å². The smallest absolute Gasteiger partial charge is 0.124 e. The molecule has 106 valence electrons. The van der Waals surface area contributed by atoms with E-state index in [0.717, 1.165) is 22.8 Å². The molecular weight excluding hydrogens is 266 g/mol. The van der Waals surface area contributed by atoms with Gasteiger partial charge in [-0.25, -0.2) is 4.98 Å². The van der Waals surface area contributed by atoms with Crippen molar-refractivity contribution in [1.82, 2.24) is 9.88 Å². The van der Waals surface area contributed by atoms with Crippen LogP contribution in [0.25, 0.3) is 0 Å². The molecule has 1 fully saturated rings. The van der Waals surface area contributed by atoms with Gasteiger partial charge in [0.1, 0.15) is 11.9 Å². The van der Waals surface area contributed by atoms with E-state index in [9.17, 15) is 0 Å². The summed E-state index contributed by atoms with van der Waals surface area (Å²) in [4.78, 5) is 6.83. The van der Waals surface area contributed by atoms with Gasteiger partial charge < -0.3 is 5.73 Å². The second kappa shape index (κ2) is 7.39. The third-order valence-corrected chi connectivity index (χ3v) is 4.28. The van der Waals surface area contributed by atoms with Gasteiger partial charge >= 0.3 is 0 Å². The number of aryl methyl sites for hydroxylation is 1. The lowest BCUT2D eigenvalue weighted by Gasteiger charge is -2.18. The number of allylic oxidation sites excluding steroid dienone is 2. The zero-order valence-electron chi connectivity index (χ0n) is 12.2. The normalized spacial score (nSPS) is 20.4. The minimum Gasteiger partial charge on any atom is -0.330 e. The highest BCUT2D eigenvalue weighted by molar-refractivity contribution is 7.09. The number of likely N-dealkylation sites (tertiary alicyclic amines) is 1. The van der Waals surface area contributed by atoms with Crippen molar-refractivity contribution >= 4 is 11.3 Å². The maximum Gasteiger partial charge on any atom is 0.124 e. The average Bonchev–Trinajstić information content (AvgIpc) is 3.03. The van der Waals surface area contributed by atoms with Crippen LogP contribution >= 0.6 is 11.3 Å². The van der Waals surface area contributed by atoms with Crippen LogP contribution < -0.4 is 5.73 Å². The largest absolute Gasteiger partial charge is 0.330 e. The van der Waals surface area contributed by atoms with Crippen molar-refractivity contribution in [2.24, 2.45) is 0 Å². The van der Waals surface area contributed by atoms with Crippen molar-refractivity contribution in [3.63, 3.8) is 0 Å². The molecule has 0 bridgehead atoms. The van der Waals surface area contributed by atoms with Gasteiger partial charge in [-0.05, 0) is 45.2 Å². The van der Waals surface area contributed by atoms with E-state index in [1.165, 1.54) is 19.4 Å². The van der Waals surface area contributed by atoms with Crippen LogP contribution in [0, 0.1) is 18.8 Å². The zero-order valence-corrected chi connectivity index (χ0v) is 13.0. The molecule has 0 radical (unpaired) electrons. The Kier molecular flexibility index (Phi) is 5.54. The van der Waals surface area contributed by atoms with E-state index in [1.807, 2.05) is 12.3 Å². The molecule has 1 unspecified atom stereocenters. The van der Waals surface area contributed by atoms with Gasteiger partial charge in [0.15, 0.2) is 0 Å². The molecule has 0 aromatic carbocycles. The number of nitrogens with zero attached hydrogens (tertiary/aromatic N) is 2. The lowest BCUT2D eigenvalue weighted by Crippen LogP contribution is -2.39. The van der Waals surface area contributed by atoms with Crippen LogP contribution in [0.3, 0.4) is 0 Å². The van der Waals surface area contributed by atoms with Gasteiger partial charge in [0.25, 0.3) is 0 Å². The predicted molar refractivity (Wildman–Crippen MR) is 84.1 cm³/mol. The van der Waals surface area contributed by atoms with Crippen molar-refractivity contribution in [1.29, 1.82) is 0 Å². The molecule has 0 saturated carbocycles. The quantitative estimate of drug-likeness (QED) is 0.682. The maximum absolute atomic E-state index is 4.34. The summed E-state index contributed by atoms with van der Waals surface area (Å²) in [5.74, 6) is 6.20. The molecule has 1 saturated heterocycles. The van der Waals surface area contributed by atoms with Crippen LogP contribution in [-0.4, -0.2) is 29.0 Å². The SMILES string of the molecule is Cc1nc(C#CC(/C=C\CN2CCCC2C)=C/[NH3+])cs1. The fraction of sp³-hybridized carbons (Fsp3) is 0.438. The lowest BCUT2D eigenvalue weighted by atomic mass is 10.2. The first-order valence-corrected chi connectivity index (χ1v) is 7.91. The summed E-state index contributed by atoms with van der Waals surface area (Å²) in [7, 11) is 0. The first kappa shape index (κ1) is 15.0. The van der Waals surface area contributed by atoms with Crippen molar-refractivity contribution < 1.29 is 5.73 Å². The van der Waals surface area contributed by atoms with E-state index in [0.29, 0.717) is 6.04 Å². The molecule has 0 spiro atoms. The molecule has 0 aliphatic carbocycles. The second-order valence-corrected chi connectivity index (χ2v) is 6.11. The first-order valence-electron chi connectivity index (χ1n) is 7.03. The fourth-order valence-corrected chi connectivity index (χ4v) is 2.84. The number of rotatable bonds is 3. The average molecular weight is 288 g/mol. The third-order valence-electron chi connectivity index (χ3n) is 3.50. The van der Waals surface area contributed by atoms with Gasteiger partial charge in [-0.3, -0.25) is 4.90 Å². The van der Waals surface area contributed by atoms with Crippen LogP contribution in [0.1, 0.15) is 30.5 Å². The van der Waals surface area contributed by atoms with Gasteiger partial charge in [-0.2, -0.15) is 0 Å². The molecule has 2 heterocycles. The van der Waals surface area contributed by atoms with Crippen molar-refractivity contribution in [3.8, 4) is 11.8 Å². The Morgan fingerprint density at radius 1 is 1.65 bits per heavy atom. The topological polar surface area (TPSA) is 43.8 Å². The Balaban J connectivity index is 1.91. The highest BCUT2D eigenvalue weighted by Crippen LogP contribution is 2.15. The summed E-state index contributed by atoms with van der Waals surface area (Å²) in [5.41, 5.74) is 5.61. The molecule has 3 N–H and O–H groups in total. The predicted octanol–water partition coefficient (Wildman–Crippen LogP) is 1.97. The minimum absolute atomic E-state index is 0.705. The van der Waals surface area contributed by atoms with Crippen LogP contribution in [0.4, 0.5) is 0 Å². The van der Waals surface area contributed by atoms with Crippen LogP contribution in [-0.2, 0) is 0 Å². The van der Waals surface area contributed by atoms with Crippen LogP contribution in [0.15, 0.2) is 29.3 Å². The van der Waals surface area contributed by atoms with Crippen molar-refractivity contribution in [2.75, 3.05) is 13.1 Å². The van der Waals surface area contributed by atoms with E-state index in [-0.39, 0.29) is 0 Å². The zero-order chi connectivity index (χ0) is 14.4. The molecule has 20 heavy (non-hydrogen) atoms. The molecule has 4 heteroatoms. The number of thiazole rings is 1. The highest BCUT2D eigenvalue weighted by atomic mass is 32.1. The Hall–Kier alpha value is -1.41. The van der Waals surface area contributed by atoms with Crippen LogP contribution in [0.2, 0.25) is 0 Å². The maximum atomic E-state index is 4.34. The highest BCUT2D eigenvalue weighted by Gasteiger charge is 2.18. The van der Waals surface area contributed by atoms with E-state index in [1.54, 1.807) is 17.5 Å². The molecule has 1 aliphatic heterocycles. The Bertz CT molecular complexity index is 560. The molecule has 1 aliphatic rings. The number of hydrogen-bond donors (Lipinski definition) is 1. The molecule has 1 atom stereocenters. The number of aromatic nitrogens is 1. The molecule has 0 amide bonds. The Morgan fingerprint density at radius 3 is 3.10 bits per heavy atom. The van der Waals surface area contributed by atoms with E-state index in [4.69, 9.17) is 0 Å². The summed E-state index contributed by atoms with van der Waals surface area (Å²) in [6.45, 7) is 6.49. The van der Waals surface area contributed by atoms with Crippen LogP contribution in [0.5, 0.6) is 0 Å². The molecular formula is C16H22N3S+. The van der Waals surface area contributed by atoms with Gasteiger partial charge in [0.05, 0.1) is 10.6 Å². The standard InChI is InChI=1S/C16H21N3S/c1-13-5-3-9-19(13)10-4-6-15(11-17)7-8-16-12-20-14(2)18-16/h4,6,11-13H,3,5,9-10,17H2,1-2H3/p+1/b6-4-,15-11+. The van der Waals surface area contributed by atoms with Gasteiger partial charge in [-0.1, -0.05) is 12.0 Å². The fourth-order valence-electron chi connectivity index (χ4n) is 2.30. The van der Waals surface area contributed by atoms with E-state index < -0.39 is 0 Å². The summed E-state index contributed by atoms with van der Waals surface area (Å²) in [6.07, 6.45) is 8.67. The van der Waals surface area contributed by atoms with E-state index in [2.05, 4.69) is 46.5 Å².